The van der Waals surface area contributed by atoms with Crippen molar-refractivity contribution in [3.8, 4) is 0 Å². The van der Waals surface area contributed by atoms with Gasteiger partial charge < -0.3 is 10.1 Å². The Hall–Kier alpha value is -1.81. The molecule has 21 heavy (non-hydrogen) atoms. The van der Waals surface area contributed by atoms with E-state index in [1.807, 2.05) is 31.2 Å². The molecular formula is C17H18BrNO2. The van der Waals surface area contributed by atoms with Gasteiger partial charge in [-0.1, -0.05) is 28.1 Å². The van der Waals surface area contributed by atoms with Gasteiger partial charge in [-0.3, -0.25) is 0 Å². The fraction of sp³-hybridized carbons (Fsp3) is 0.235. The summed E-state index contributed by atoms with van der Waals surface area (Å²) < 4.78 is 5.80. The van der Waals surface area contributed by atoms with Crippen molar-refractivity contribution < 1.29 is 9.53 Å². The second-order valence-electron chi connectivity index (χ2n) is 4.94. The van der Waals surface area contributed by atoms with Crippen LogP contribution in [0.1, 0.15) is 34.5 Å². The summed E-state index contributed by atoms with van der Waals surface area (Å²) >= 11 is 3.44. The first-order valence-corrected chi connectivity index (χ1v) is 7.51. The number of hydrogen-bond acceptors (Lipinski definition) is 3. The Kier molecular flexibility index (Phi) is 5.02. The summed E-state index contributed by atoms with van der Waals surface area (Å²) in [6.07, 6.45) is 0. The molecule has 0 spiro atoms. The first-order valence-electron chi connectivity index (χ1n) is 6.72. The molecule has 4 heteroatoms. The van der Waals surface area contributed by atoms with Crippen LogP contribution < -0.4 is 5.32 Å². The van der Waals surface area contributed by atoms with Crippen molar-refractivity contribution in [2.75, 3.05) is 12.4 Å². The van der Waals surface area contributed by atoms with Crippen LogP contribution in [0.2, 0.25) is 0 Å². The van der Waals surface area contributed by atoms with Crippen molar-refractivity contribution in [2.45, 2.75) is 19.9 Å². The van der Waals surface area contributed by atoms with Gasteiger partial charge in [0.1, 0.15) is 0 Å². The number of hydrogen-bond donors (Lipinski definition) is 1. The summed E-state index contributed by atoms with van der Waals surface area (Å²) in [5, 5.41) is 3.46. The van der Waals surface area contributed by atoms with E-state index in [2.05, 4.69) is 40.3 Å². The molecule has 1 N–H and O–H groups in total. The molecule has 3 nitrogen and oxygen atoms in total. The molecule has 0 aliphatic heterocycles. The number of halogens is 1. The number of anilines is 1. The number of nitrogens with one attached hydrogen (secondary N) is 1. The molecule has 2 aromatic rings. The van der Waals surface area contributed by atoms with Crippen molar-refractivity contribution in [1.82, 2.24) is 0 Å². The first-order chi connectivity index (χ1) is 10.0. The highest BCUT2D eigenvalue weighted by atomic mass is 79.9. The van der Waals surface area contributed by atoms with Gasteiger partial charge in [-0.2, -0.15) is 0 Å². The molecule has 0 aliphatic rings. The smallest absolute Gasteiger partial charge is 0.337 e. The van der Waals surface area contributed by atoms with Crippen molar-refractivity contribution in [2.24, 2.45) is 0 Å². The molecule has 0 fully saturated rings. The Labute approximate surface area is 133 Å². The summed E-state index contributed by atoms with van der Waals surface area (Å²) in [5.74, 6) is -0.314. The SMILES string of the molecule is COC(=O)c1ccc(NC(C)c2ccc(Br)cc2)c(C)c1. The van der Waals surface area contributed by atoms with E-state index in [1.165, 1.54) is 12.7 Å². The highest BCUT2D eigenvalue weighted by Gasteiger charge is 2.10. The molecule has 0 saturated carbocycles. The average Bonchev–Trinajstić information content (AvgIpc) is 2.49. The van der Waals surface area contributed by atoms with Crippen LogP contribution in [0.4, 0.5) is 5.69 Å². The Morgan fingerprint density at radius 2 is 1.86 bits per heavy atom. The summed E-state index contributed by atoms with van der Waals surface area (Å²) in [5.41, 5.74) is 3.80. The molecule has 2 rings (SSSR count). The summed E-state index contributed by atoms with van der Waals surface area (Å²) in [7, 11) is 1.39. The van der Waals surface area contributed by atoms with Gasteiger partial charge in [-0.05, 0) is 55.3 Å². The van der Waals surface area contributed by atoms with Crippen LogP contribution in [-0.2, 0) is 4.74 Å². The van der Waals surface area contributed by atoms with Gasteiger partial charge >= 0.3 is 5.97 Å². The third-order valence-electron chi connectivity index (χ3n) is 3.39. The lowest BCUT2D eigenvalue weighted by Gasteiger charge is -2.18. The maximum absolute atomic E-state index is 11.5. The Bertz CT molecular complexity index is 638. The third-order valence-corrected chi connectivity index (χ3v) is 3.92. The van der Waals surface area contributed by atoms with E-state index < -0.39 is 0 Å². The number of aryl methyl sites for hydroxylation is 1. The summed E-state index contributed by atoms with van der Waals surface area (Å²) in [6.45, 7) is 4.08. The zero-order valence-corrected chi connectivity index (χ0v) is 13.9. The Morgan fingerprint density at radius 1 is 1.19 bits per heavy atom. The monoisotopic (exact) mass is 347 g/mol. The zero-order valence-electron chi connectivity index (χ0n) is 12.3. The van der Waals surface area contributed by atoms with Gasteiger partial charge in [0, 0.05) is 16.2 Å². The minimum absolute atomic E-state index is 0.181. The largest absolute Gasteiger partial charge is 0.465 e. The minimum atomic E-state index is -0.314. The van der Waals surface area contributed by atoms with Gasteiger partial charge in [0.15, 0.2) is 0 Å². The van der Waals surface area contributed by atoms with E-state index in [4.69, 9.17) is 4.74 Å². The fourth-order valence-corrected chi connectivity index (χ4v) is 2.40. The number of ether oxygens (including phenoxy) is 1. The van der Waals surface area contributed by atoms with Crippen molar-refractivity contribution in [1.29, 1.82) is 0 Å². The van der Waals surface area contributed by atoms with Gasteiger partial charge in [0.25, 0.3) is 0 Å². The number of carbonyl (C=O) groups excluding carboxylic acids is 1. The van der Waals surface area contributed by atoms with Crippen LogP contribution in [0.3, 0.4) is 0 Å². The molecule has 1 atom stereocenters. The lowest BCUT2D eigenvalue weighted by Crippen LogP contribution is -2.08. The summed E-state index contributed by atoms with van der Waals surface area (Å²) in [6, 6.07) is 13.9. The lowest BCUT2D eigenvalue weighted by molar-refractivity contribution is 0.0600. The molecule has 1 unspecified atom stereocenters. The number of benzene rings is 2. The molecule has 2 aromatic carbocycles. The number of rotatable bonds is 4. The van der Waals surface area contributed by atoms with Crippen LogP contribution in [0, 0.1) is 6.92 Å². The maximum atomic E-state index is 11.5. The van der Waals surface area contributed by atoms with E-state index in [-0.39, 0.29) is 12.0 Å². The summed E-state index contributed by atoms with van der Waals surface area (Å²) in [4.78, 5) is 11.5. The van der Waals surface area contributed by atoms with Gasteiger partial charge in [0.05, 0.1) is 12.7 Å². The standard InChI is InChI=1S/C17H18BrNO2/c1-11-10-14(17(20)21-3)6-9-16(11)19-12(2)13-4-7-15(18)8-5-13/h4-10,12,19H,1-3H3. The Balaban J connectivity index is 2.15. The van der Waals surface area contributed by atoms with E-state index in [0.717, 1.165) is 15.7 Å². The molecule has 0 amide bonds. The second-order valence-corrected chi connectivity index (χ2v) is 5.85. The minimum Gasteiger partial charge on any atom is -0.465 e. The van der Waals surface area contributed by atoms with E-state index in [1.54, 1.807) is 6.07 Å². The molecule has 0 heterocycles. The van der Waals surface area contributed by atoms with Crippen LogP contribution in [0.25, 0.3) is 0 Å². The fourth-order valence-electron chi connectivity index (χ4n) is 2.14. The van der Waals surface area contributed by atoms with E-state index >= 15 is 0 Å². The molecule has 110 valence electrons. The van der Waals surface area contributed by atoms with Crippen LogP contribution >= 0.6 is 15.9 Å². The Morgan fingerprint density at radius 3 is 2.43 bits per heavy atom. The van der Waals surface area contributed by atoms with Crippen LogP contribution in [-0.4, -0.2) is 13.1 Å². The lowest BCUT2D eigenvalue weighted by atomic mass is 10.1. The average molecular weight is 348 g/mol. The quantitative estimate of drug-likeness (QED) is 0.813. The molecule has 0 bridgehead atoms. The molecule has 0 aromatic heterocycles. The highest BCUT2D eigenvalue weighted by Crippen LogP contribution is 2.24. The first kappa shape index (κ1) is 15.6. The van der Waals surface area contributed by atoms with E-state index in [0.29, 0.717) is 5.56 Å². The highest BCUT2D eigenvalue weighted by molar-refractivity contribution is 9.10. The number of carbonyl (C=O) groups is 1. The molecular weight excluding hydrogens is 330 g/mol. The zero-order chi connectivity index (χ0) is 15.4. The van der Waals surface area contributed by atoms with Gasteiger partial charge in [-0.15, -0.1) is 0 Å². The van der Waals surface area contributed by atoms with Crippen LogP contribution in [0.15, 0.2) is 46.9 Å². The third kappa shape index (κ3) is 3.85. The van der Waals surface area contributed by atoms with Crippen molar-refractivity contribution >= 4 is 27.6 Å². The second kappa shape index (κ2) is 6.76. The van der Waals surface area contributed by atoms with Gasteiger partial charge in [0.2, 0.25) is 0 Å². The number of esters is 1. The molecule has 0 saturated heterocycles. The van der Waals surface area contributed by atoms with Gasteiger partial charge in [-0.25, -0.2) is 4.79 Å². The number of methoxy groups -OCH3 is 1. The predicted molar refractivity (Wildman–Crippen MR) is 88.7 cm³/mol. The maximum Gasteiger partial charge on any atom is 0.337 e. The molecule has 0 radical (unpaired) electrons. The van der Waals surface area contributed by atoms with Crippen molar-refractivity contribution in [3.63, 3.8) is 0 Å². The van der Waals surface area contributed by atoms with E-state index in [9.17, 15) is 4.79 Å². The molecule has 0 aliphatic carbocycles. The topological polar surface area (TPSA) is 38.3 Å². The normalized spacial score (nSPS) is 11.8. The predicted octanol–water partition coefficient (Wildman–Crippen LogP) is 4.72. The van der Waals surface area contributed by atoms with Crippen LogP contribution in [0.5, 0.6) is 0 Å². The van der Waals surface area contributed by atoms with Crippen molar-refractivity contribution in [3.05, 3.63) is 63.6 Å².